The van der Waals surface area contributed by atoms with Gasteiger partial charge in [-0.05, 0) is 25.8 Å². The zero-order valence-electron chi connectivity index (χ0n) is 10.4. The Kier molecular flexibility index (Phi) is 3.07. The SMILES string of the molecule is Cc1cc(C2CC2)nc(CN2CCNCC2)n1. The fourth-order valence-electron chi connectivity index (χ4n) is 2.38. The van der Waals surface area contributed by atoms with E-state index >= 15 is 0 Å². The highest BCUT2D eigenvalue weighted by Gasteiger charge is 2.26. The van der Waals surface area contributed by atoms with Gasteiger partial charge < -0.3 is 5.32 Å². The van der Waals surface area contributed by atoms with Crippen molar-refractivity contribution in [3.63, 3.8) is 0 Å². The molecule has 2 fully saturated rings. The summed E-state index contributed by atoms with van der Waals surface area (Å²) in [5.74, 6) is 1.73. The number of rotatable bonds is 3. The van der Waals surface area contributed by atoms with Crippen molar-refractivity contribution in [1.29, 1.82) is 0 Å². The molecule has 2 heterocycles. The van der Waals surface area contributed by atoms with Gasteiger partial charge in [0, 0.05) is 43.5 Å². The van der Waals surface area contributed by atoms with E-state index in [4.69, 9.17) is 4.98 Å². The molecule has 1 saturated carbocycles. The monoisotopic (exact) mass is 232 g/mol. The lowest BCUT2D eigenvalue weighted by molar-refractivity contribution is 0.227. The number of aromatic nitrogens is 2. The molecule has 3 rings (SSSR count). The predicted octanol–water partition coefficient (Wildman–Crippen LogP) is 1.07. The lowest BCUT2D eigenvalue weighted by Crippen LogP contribution is -2.43. The highest BCUT2D eigenvalue weighted by atomic mass is 15.2. The standard InChI is InChI=1S/C13H20N4/c1-10-8-12(11-2-3-11)16-13(15-10)9-17-6-4-14-5-7-17/h8,11,14H,2-7,9H2,1H3. The second-order valence-electron chi connectivity index (χ2n) is 5.15. The molecule has 1 aliphatic heterocycles. The number of nitrogens with one attached hydrogen (secondary N) is 1. The van der Waals surface area contributed by atoms with Gasteiger partial charge >= 0.3 is 0 Å². The average Bonchev–Trinajstić information content (AvgIpc) is 3.13. The summed E-state index contributed by atoms with van der Waals surface area (Å²) in [4.78, 5) is 11.7. The van der Waals surface area contributed by atoms with Gasteiger partial charge in [0.15, 0.2) is 0 Å². The molecule has 4 nitrogen and oxygen atoms in total. The van der Waals surface area contributed by atoms with Crippen molar-refractivity contribution in [2.45, 2.75) is 32.2 Å². The van der Waals surface area contributed by atoms with Gasteiger partial charge in [-0.15, -0.1) is 0 Å². The van der Waals surface area contributed by atoms with Gasteiger partial charge in [0.1, 0.15) is 5.82 Å². The summed E-state index contributed by atoms with van der Waals surface area (Å²) in [5.41, 5.74) is 2.38. The number of aryl methyl sites for hydroxylation is 1. The van der Waals surface area contributed by atoms with Crippen LogP contribution in [0.1, 0.15) is 36.0 Å². The van der Waals surface area contributed by atoms with Crippen LogP contribution in [0.4, 0.5) is 0 Å². The third-order valence-corrected chi connectivity index (χ3v) is 3.49. The molecule has 1 aromatic rings. The zero-order chi connectivity index (χ0) is 11.7. The summed E-state index contributed by atoms with van der Waals surface area (Å²) in [6.07, 6.45) is 2.62. The van der Waals surface area contributed by atoms with E-state index in [0.29, 0.717) is 0 Å². The molecule has 1 aliphatic carbocycles. The highest BCUT2D eigenvalue weighted by molar-refractivity contribution is 5.18. The summed E-state index contributed by atoms with van der Waals surface area (Å²) >= 11 is 0. The fraction of sp³-hybridized carbons (Fsp3) is 0.692. The number of hydrogen-bond acceptors (Lipinski definition) is 4. The van der Waals surface area contributed by atoms with Crippen molar-refractivity contribution in [3.8, 4) is 0 Å². The van der Waals surface area contributed by atoms with Gasteiger partial charge in [-0.1, -0.05) is 0 Å². The molecule has 0 radical (unpaired) electrons. The minimum absolute atomic E-state index is 0.721. The van der Waals surface area contributed by atoms with Crippen LogP contribution in [0.25, 0.3) is 0 Å². The summed E-state index contributed by atoms with van der Waals surface area (Å²) in [6.45, 7) is 7.37. The predicted molar refractivity (Wildman–Crippen MR) is 66.9 cm³/mol. The van der Waals surface area contributed by atoms with E-state index in [1.807, 2.05) is 0 Å². The molecule has 1 aromatic heterocycles. The Bertz CT molecular complexity index is 394. The van der Waals surface area contributed by atoms with Crippen LogP contribution in [0, 0.1) is 6.92 Å². The van der Waals surface area contributed by atoms with Crippen molar-refractivity contribution in [2.75, 3.05) is 26.2 Å². The van der Waals surface area contributed by atoms with Crippen molar-refractivity contribution in [2.24, 2.45) is 0 Å². The molecule has 0 amide bonds. The largest absolute Gasteiger partial charge is 0.314 e. The van der Waals surface area contributed by atoms with E-state index in [2.05, 4.69) is 28.2 Å². The van der Waals surface area contributed by atoms with Gasteiger partial charge in [0.2, 0.25) is 0 Å². The summed E-state index contributed by atoms with van der Waals surface area (Å²) in [5, 5.41) is 3.37. The first-order valence-electron chi connectivity index (χ1n) is 6.59. The Morgan fingerprint density at radius 1 is 1.29 bits per heavy atom. The van der Waals surface area contributed by atoms with Gasteiger partial charge in [-0.2, -0.15) is 0 Å². The summed E-state index contributed by atoms with van der Waals surface area (Å²) in [7, 11) is 0. The van der Waals surface area contributed by atoms with Crippen LogP contribution in [0.2, 0.25) is 0 Å². The molecule has 0 bridgehead atoms. The van der Waals surface area contributed by atoms with Crippen LogP contribution in [0.3, 0.4) is 0 Å². The Morgan fingerprint density at radius 3 is 2.76 bits per heavy atom. The van der Waals surface area contributed by atoms with E-state index in [9.17, 15) is 0 Å². The van der Waals surface area contributed by atoms with Crippen LogP contribution in [-0.4, -0.2) is 41.0 Å². The maximum absolute atomic E-state index is 4.72. The highest BCUT2D eigenvalue weighted by Crippen LogP contribution is 2.39. The molecule has 17 heavy (non-hydrogen) atoms. The van der Waals surface area contributed by atoms with Crippen LogP contribution < -0.4 is 5.32 Å². The van der Waals surface area contributed by atoms with E-state index < -0.39 is 0 Å². The molecule has 1 saturated heterocycles. The maximum Gasteiger partial charge on any atom is 0.142 e. The smallest absolute Gasteiger partial charge is 0.142 e. The Hall–Kier alpha value is -1.00. The number of hydrogen-bond donors (Lipinski definition) is 1. The van der Waals surface area contributed by atoms with E-state index in [1.165, 1.54) is 18.5 Å². The second kappa shape index (κ2) is 4.70. The number of piperazine rings is 1. The molecule has 4 heteroatoms. The molecular formula is C13H20N4. The lowest BCUT2D eigenvalue weighted by atomic mass is 10.2. The van der Waals surface area contributed by atoms with Gasteiger partial charge in [0.25, 0.3) is 0 Å². The minimum Gasteiger partial charge on any atom is -0.314 e. The fourth-order valence-corrected chi connectivity index (χ4v) is 2.38. The first-order valence-corrected chi connectivity index (χ1v) is 6.59. The van der Waals surface area contributed by atoms with Gasteiger partial charge in [-0.25, -0.2) is 9.97 Å². The third-order valence-electron chi connectivity index (χ3n) is 3.49. The van der Waals surface area contributed by atoms with Crippen molar-refractivity contribution < 1.29 is 0 Å². The summed E-state index contributed by atoms with van der Waals surface area (Å²) < 4.78 is 0. The Labute approximate surface area is 102 Å². The van der Waals surface area contributed by atoms with Gasteiger partial charge in [0.05, 0.1) is 6.54 Å². The average molecular weight is 232 g/mol. The first-order chi connectivity index (χ1) is 8.31. The topological polar surface area (TPSA) is 41.1 Å². The second-order valence-corrected chi connectivity index (χ2v) is 5.15. The molecule has 0 spiro atoms. The van der Waals surface area contributed by atoms with Crippen molar-refractivity contribution in [1.82, 2.24) is 20.2 Å². The normalized spacial score (nSPS) is 21.7. The van der Waals surface area contributed by atoms with Crippen LogP contribution in [0.5, 0.6) is 0 Å². The molecular weight excluding hydrogens is 212 g/mol. The maximum atomic E-state index is 4.72. The molecule has 92 valence electrons. The van der Waals surface area contributed by atoms with Crippen LogP contribution in [-0.2, 0) is 6.54 Å². The van der Waals surface area contributed by atoms with E-state index in [1.54, 1.807) is 0 Å². The lowest BCUT2D eigenvalue weighted by Gasteiger charge is -2.26. The van der Waals surface area contributed by atoms with Gasteiger partial charge in [-0.3, -0.25) is 4.90 Å². The summed E-state index contributed by atoms with van der Waals surface area (Å²) in [6, 6.07) is 2.15. The molecule has 2 aliphatic rings. The molecule has 1 N–H and O–H groups in total. The molecule has 0 unspecified atom stereocenters. The third kappa shape index (κ3) is 2.82. The molecule has 0 aromatic carbocycles. The van der Waals surface area contributed by atoms with E-state index in [-0.39, 0.29) is 0 Å². The van der Waals surface area contributed by atoms with Crippen molar-refractivity contribution in [3.05, 3.63) is 23.3 Å². The Balaban J connectivity index is 1.72. The van der Waals surface area contributed by atoms with Crippen molar-refractivity contribution >= 4 is 0 Å². The van der Waals surface area contributed by atoms with Crippen LogP contribution in [0.15, 0.2) is 6.07 Å². The number of nitrogens with zero attached hydrogens (tertiary/aromatic N) is 3. The van der Waals surface area contributed by atoms with Crippen LogP contribution >= 0.6 is 0 Å². The molecule has 0 atom stereocenters. The Morgan fingerprint density at radius 2 is 2.06 bits per heavy atom. The zero-order valence-corrected chi connectivity index (χ0v) is 10.4. The minimum atomic E-state index is 0.721. The van der Waals surface area contributed by atoms with E-state index in [0.717, 1.165) is 50.2 Å². The quantitative estimate of drug-likeness (QED) is 0.846. The first kappa shape index (κ1) is 11.1.